The Bertz CT molecular complexity index is 642. The van der Waals surface area contributed by atoms with E-state index in [4.69, 9.17) is 0 Å². The molecule has 0 spiro atoms. The number of hydrogen-bond donors (Lipinski definition) is 0. The minimum absolute atomic E-state index is 0.0794. The maximum atomic E-state index is 13.2. The molecule has 0 aliphatic carbocycles. The van der Waals surface area contributed by atoms with Crippen LogP contribution in [0.5, 0.6) is 0 Å². The number of carbonyl (C=O) groups excluding carboxylic acids is 1. The summed E-state index contributed by atoms with van der Waals surface area (Å²) in [6.07, 6.45) is 3.29. The lowest BCUT2D eigenvalue weighted by Crippen LogP contribution is -2.44. The summed E-state index contributed by atoms with van der Waals surface area (Å²) >= 11 is 4.88. The van der Waals surface area contributed by atoms with Gasteiger partial charge in [0.15, 0.2) is 0 Å². The average molecular weight is 356 g/mol. The maximum absolute atomic E-state index is 13.2. The first-order chi connectivity index (χ1) is 9.69. The number of halogens is 2. The fourth-order valence-corrected chi connectivity index (χ4v) is 4.40. The summed E-state index contributed by atoms with van der Waals surface area (Å²) in [4.78, 5) is 15.3. The van der Waals surface area contributed by atoms with E-state index in [9.17, 15) is 9.18 Å². The van der Waals surface area contributed by atoms with Crippen molar-refractivity contribution in [3.63, 3.8) is 0 Å². The van der Waals surface area contributed by atoms with E-state index in [2.05, 4.69) is 15.9 Å². The third kappa shape index (κ3) is 2.61. The van der Waals surface area contributed by atoms with E-state index in [0.29, 0.717) is 4.88 Å². The highest BCUT2D eigenvalue weighted by Crippen LogP contribution is 2.29. The van der Waals surface area contributed by atoms with Crippen molar-refractivity contribution in [3.05, 3.63) is 35.0 Å². The molecule has 2 aromatic rings. The van der Waals surface area contributed by atoms with Gasteiger partial charge in [-0.2, -0.15) is 0 Å². The van der Waals surface area contributed by atoms with E-state index in [1.165, 1.54) is 29.9 Å². The molecule has 3 rings (SSSR count). The number of piperidine rings is 1. The molecule has 0 radical (unpaired) electrons. The van der Waals surface area contributed by atoms with Gasteiger partial charge in [0, 0.05) is 22.6 Å². The monoisotopic (exact) mass is 355 g/mol. The molecule has 2 nitrogen and oxygen atoms in total. The number of rotatable bonds is 2. The normalized spacial score (nSPS) is 19.5. The zero-order valence-electron chi connectivity index (χ0n) is 10.9. The van der Waals surface area contributed by atoms with Crippen LogP contribution in [-0.2, 0) is 0 Å². The molecule has 1 aliphatic rings. The molecular formula is C15H15BrFNOS. The molecule has 1 aromatic heterocycles. The molecule has 5 heteroatoms. The van der Waals surface area contributed by atoms with Gasteiger partial charge < -0.3 is 4.90 Å². The Morgan fingerprint density at radius 3 is 3.05 bits per heavy atom. The number of benzene rings is 1. The Morgan fingerprint density at radius 2 is 2.25 bits per heavy atom. The van der Waals surface area contributed by atoms with Crippen molar-refractivity contribution in [2.45, 2.75) is 25.3 Å². The third-order valence-electron chi connectivity index (χ3n) is 3.76. The highest BCUT2D eigenvalue weighted by molar-refractivity contribution is 9.09. The Kier molecular flexibility index (Phi) is 4.08. The first kappa shape index (κ1) is 14.0. The van der Waals surface area contributed by atoms with Gasteiger partial charge in [0.2, 0.25) is 0 Å². The van der Waals surface area contributed by atoms with Gasteiger partial charge in [-0.25, -0.2) is 4.39 Å². The van der Waals surface area contributed by atoms with Crippen LogP contribution in [-0.4, -0.2) is 28.7 Å². The summed E-state index contributed by atoms with van der Waals surface area (Å²) in [6.45, 7) is 0.817. The molecule has 1 aromatic carbocycles. The van der Waals surface area contributed by atoms with E-state index in [1.54, 1.807) is 6.07 Å². The molecule has 20 heavy (non-hydrogen) atoms. The van der Waals surface area contributed by atoms with Crippen molar-refractivity contribution < 1.29 is 9.18 Å². The molecule has 0 bridgehead atoms. The van der Waals surface area contributed by atoms with Gasteiger partial charge in [0.05, 0.1) is 4.88 Å². The predicted octanol–water partition coefficient (Wildman–Crippen LogP) is 4.43. The standard InChI is InChI=1S/C15H15BrFNOS/c16-9-12-3-1-2-6-18(12)15(19)14-7-10-4-5-11(17)8-13(10)20-14/h4-5,7-8,12H,1-3,6,9H2. The number of amides is 1. The fraction of sp³-hybridized carbons (Fsp3) is 0.400. The SMILES string of the molecule is O=C(c1cc2ccc(F)cc2s1)N1CCCCC1CBr. The lowest BCUT2D eigenvalue weighted by molar-refractivity contribution is 0.0647. The van der Waals surface area contributed by atoms with Crippen LogP contribution in [0.1, 0.15) is 28.9 Å². The van der Waals surface area contributed by atoms with Crippen LogP contribution in [0.3, 0.4) is 0 Å². The van der Waals surface area contributed by atoms with Crippen LogP contribution in [0.15, 0.2) is 24.3 Å². The third-order valence-corrected chi connectivity index (χ3v) is 5.59. The lowest BCUT2D eigenvalue weighted by Gasteiger charge is -2.34. The van der Waals surface area contributed by atoms with Crippen LogP contribution in [0.25, 0.3) is 10.1 Å². The van der Waals surface area contributed by atoms with E-state index < -0.39 is 0 Å². The molecule has 0 N–H and O–H groups in total. The zero-order valence-corrected chi connectivity index (χ0v) is 13.3. The van der Waals surface area contributed by atoms with Crippen LogP contribution < -0.4 is 0 Å². The largest absolute Gasteiger partial charge is 0.334 e. The van der Waals surface area contributed by atoms with Gasteiger partial charge in [0.25, 0.3) is 5.91 Å². The fourth-order valence-electron chi connectivity index (χ4n) is 2.68. The summed E-state index contributed by atoms with van der Waals surface area (Å²) < 4.78 is 14.1. The predicted molar refractivity (Wildman–Crippen MR) is 84.3 cm³/mol. The van der Waals surface area contributed by atoms with Gasteiger partial charge in [-0.3, -0.25) is 4.79 Å². The Labute approximate surface area is 129 Å². The first-order valence-electron chi connectivity index (χ1n) is 6.75. The van der Waals surface area contributed by atoms with E-state index in [1.807, 2.05) is 11.0 Å². The lowest BCUT2D eigenvalue weighted by atomic mass is 10.0. The zero-order chi connectivity index (χ0) is 14.1. The highest BCUT2D eigenvalue weighted by atomic mass is 79.9. The van der Waals surface area contributed by atoms with Crippen molar-refractivity contribution in [2.24, 2.45) is 0 Å². The van der Waals surface area contributed by atoms with Crippen LogP contribution >= 0.6 is 27.3 Å². The number of nitrogens with zero attached hydrogens (tertiary/aromatic N) is 1. The van der Waals surface area contributed by atoms with Crippen molar-refractivity contribution >= 4 is 43.3 Å². The van der Waals surface area contributed by atoms with Crippen molar-refractivity contribution in [2.75, 3.05) is 11.9 Å². The highest BCUT2D eigenvalue weighted by Gasteiger charge is 2.27. The van der Waals surface area contributed by atoms with Crippen molar-refractivity contribution in [1.82, 2.24) is 4.90 Å². The van der Waals surface area contributed by atoms with Crippen LogP contribution in [0, 0.1) is 5.82 Å². The van der Waals surface area contributed by atoms with E-state index >= 15 is 0 Å². The molecule has 0 saturated carbocycles. The Hall–Kier alpha value is -0.940. The summed E-state index contributed by atoms with van der Waals surface area (Å²) in [7, 11) is 0. The van der Waals surface area contributed by atoms with Crippen molar-refractivity contribution in [1.29, 1.82) is 0 Å². The topological polar surface area (TPSA) is 20.3 Å². The number of hydrogen-bond acceptors (Lipinski definition) is 2. The molecule has 1 atom stereocenters. The van der Waals surface area contributed by atoms with Crippen LogP contribution in [0.4, 0.5) is 4.39 Å². The molecule has 1 aliphatic heterocycles. The molecular weight excluding hydrogens is 341 g/mol. The van der Waals surface area contributed by atoms with Gasteiger partial charge in [-0.1, -0.05) is 22.0 Å². The molecule has 2 heterocycles. The van der Waals surface area contributed by atoms with Gasteiger partial charge in [0.1, 0.15) is 5.82 Å². The van der Waals surface area contributed by atoms with Crippen LogP contribution in [0.2, 0.25) is 0 Å². The quantitative estimate of drug-likeness (QED) is 0.729. The second kappa shape index (κ2) is 5.82. The second-order valence-electron chi connectivity index (χ2n) is 5.10. The summed E-state index contributed by atoms with van der Waals surface area (Å²) in [5.41, 5.74) is 0. The number of alkyl halides is 1. The Morgan fingerprint density at radius 1 is 1.40 bits per heavy atom. The molecule has 1 saturated heterocycles. The van der Waals surface area contributed by atoms with Crippen molar-refractivity contribution in [3.8, 4) is 0 Å². The van der Waals surface area contributed by atoms with E-state index in [0.717, 1.165) is 34.8 Å². The average Bonchev–Trinajstić information content (AvgIpc) is 2.89. The number of carbonyl (C=O) groups is 1. The molecule has 106 valence electrons. The number of thiophene rings is 1. The molecule has 1 amide bonds. The second-order valence-corrected chi connectivity index (χ2v) is 6.83. The van der Waals surface area contributed by atoms with Gasteiger partial charge in [-0.05, 0) is 42.8 Å². The first-order valence-corrected chi connectivity index (χ1v) is 8.69. The van der Waals surface area contributed by atoms with Gasteiger partial charge >= 0.3 is 0 Å². The summed E-state index contributed by atoms with van der Waals surface area (Å²) in [5.74, 6) is -0.176. The van der Waals surface area contributed by atoms with Gasteiger partial charge in [-0.15, -0.1) is 11.3 Å². The minimum atomic E-state index is -0.255. The molecule has 1 fully saturated rings. The van der Waals surface area contributed by atoms with E-state index in [-0.39, 0.29) is 17.8 Å². The maximum Gasteiger partial charge on any atom is 0.264 e. The summed E-state index contributed by atoms with van der Waals surface area (Å²) in [6, 6.07) is 6.82. The molecule has 1 unspecified atom stereocenters. The number of fused-ring (bicyclic) bond motifs is 1. The summed E-state index contributed by atoms with van der Waals surface area (Å²) in [5, 5.41) is 1.75. The number of likely N-dealkylation sites (tertiary alicyclic amines) is 1. The minimum Gasteiger partial charge on any atom is -0.334 e. The Balaban J connectivity index is 1.91. The smallest absolute Gasteiger partial charge is 0.264 e.